The number of alkyl halides is 2. The van der Waals surface area contributed by atoms with Crippen LogP contribution in [0.2, 0.25) is 0 Å². The molecule has 0 heterocycles. The van der Waals surface area contributed by atoms with Gasteiger partial charge in [-0.25, -0.2) is 0 Å². The fourth-order valence-electron chi connectivity index (χ4n) is 0.362. The first-order chi connectivity index (χ1) is 4.16. The number of hydrogen-bond donors (Lipinski definition) is 0. The molecule has 0 aliphatic rings. The lowest BCUT2D eigenvalue weighted by molar-refractivity contribution is -0.142. The van der Waals surface area contributed by atoms with Gasteiger partial charge < -0.3 is 4.74 Å². The summed E-state index contributed by atoms with van der Waals surface area (Å²) in [5, 5.41) is -1.02. The van der Waals surface area contributed by atoms with E-state index in [9.17, 15) is 4.79 Å². The summed E-state index contributed by atoms with van der Waals surface area (Å²) in [5.41, 5.74) is 0. The van der Waals surface area contributed by atoms with Gasteiger partial charge in [0.05, 0.1) is 0 Å². The standard InChI is InChI=1S/C5H8Cl2O2/c1-2-3-4(8)9-5(6)7/h5H,2-3H2,1H3. The molecule has 0 saturated carbocycles. The molecule has 0 rings (SSSR count). The van der Waals surface area contributed by atoms with Crippen molar-refractivity contribution in [1.82, 2.24) is 0 Å². The molecule has 4 heteroatoms. The molecule has 0 amide bonds. The van der Waals surface area contributed by atoms with Crippen LogP contribution in [-0.4, -0.2) is 11.0 Å². The van der Waals surface area contributed by atoms with Gasteiger partial charge in [-0.1, -0.05) is 30.1 Å². The van der Waals surface area contributed by atoms with Crippen molar-refractivity contribution < 1.29 is 9.53 Å². The van der Waals surface area contributed by atoms with Crippen LogP contribution < -0.4 is 0 Å². The molecule has 0 aliphatic carbocycles. The first kappa shape index (κ1) is 9.05. The van der Waals surface area contributed by atoms with E-state index in [0.717, 1.165) is 6.42 Å². The second-order valence-electron chi connectivity index (χ2n) is 1.50. The smallest absolute Gasteiger partial charge is 0.308 e. The molecule has 54 valence electrons. The van der Waals surface area contributed by atoms with Crippen molar-refractivity contribution in [2.24, 2.45) is 0 Å². The van der Waals surface area contributed by atoms with E-state index in [-0.39, 0.29) is 5.97 Å². The number of halogens is 2. The molecule has 9 heavy (non-hydrogen) atoms. The maximum atomic E-state index is 10.5. The van der Waals surface area contributed by atoms with E-state index in [0.29, 0.717) is 6.42 Å². The molecule has 0 aromatic rings. The van der Waals surface area contributed by atoms with E-state index >= 15 is 0 Å². The monoisotopic (exact) mass is 170 g/mol. The van der Waals surface area contributed by atoms with Gasteiger partial charge in [0.1, 0.15) is 0 Å². The van der Waals surface area contributed by atoms with Gasteiger partial charge in [0.15, 0.2) is 0 Å². The molecular formula is C5H8Cl2O2. The minimum absolute atomic E-state index is 0.354. The highest BCUT2D eigenvalue weighted by molar-refractivity contribution is 6.43. The first-order valence-corrected chi connectivity index (χ1v) is 3.51. The van der Waals surface area contributed by atoms with Crippen LogP contribution in [0.3, 0.4) is 0 Å². The second-order valence-corrected chi connectivity index (χ2v) is 2.52. The Morgan fingerprint density at radius 1 is 1.67 bits per heavy atom. The molecular weight excluding hydrogens is 163 g/mol. The fourth-order valence-corrected chi connectivity index (χ4v) is 0.561. The zero-order valence-corrected chi connectivity index (χ0v) is 6.58. The number of rotatable bonds is 3. The molecule has 0 atom stereocenters. The SMILES string of the molecule is CCCC(=O)OC(Cl)Cl. The lowest BCUT2D eigenvalue weighted by Gasteiger charge is -2.01. The third kappa shape index (κ3) is 5.93. The van der Waals surface area contributed by atoms with Crippen molar-refractivity contribution in [1.29, 1.82) is 0 Å². The molecule has 0 aromatic carbocycles. The Morgan fingerprint density at radius 2 is 2.22 bits per heavy atom. The fraction of sp³-hybridized carbons (Fsp3) is 0.800. The Hall–Kier alpha value is 0.0500. The van der Waals surface area contributed by atoms with Crippen LogP contribution in [0.1, 0.15) is 19.8 Å². The van der Waals surface area contributed by atoms with E-state index in [1.807, 2.05) is 6.92 Å². The van der Waals surface area contributed by atoms with Crippen molar-refractivity contribution in [2.75, 3.05) is 0 Å². The second kappa shape index (κ2) is 4.89. The average molecular weight is 171 g/mol. The highest BCUT2D eigenvalue weighted by Crippen LogP contribution is 2.05. The zero-order chi connectivity index (χ0) is 7.28. The van der Waals surface area contributed by atoms with Gasteiger partial charge in [0, 0.05) is 6.42 Å². The molecule has 0 N–H and O–H groups in total. The Balaban J connectivity index is 3.27. The Morgan fingerprint density at radius 3 is 2.56 bits per heavy atom. The molecule has 0 saturated heterocycles. The summed E-state index contributed by atoms with van der Waals surface area (Å²) in [6, 6.07) is 0. The summed E-state index contributed by atoms with van der Waals surface area (Å²) in [6.07, 6.45) is 1.12. The average Bonchev–Trinajstić information content (AvgIpc) is 1.63. The summed E-state index contributed by atoms with van der Waals surface area (Å²) >= 11 is 10.3. The molecule has 0 spiro atoms. The topological polar surface area (TPSA) is 26.3 Å². The van der Waals surface area contributed by atoms with Crippen molar-refractivity contribution in [3.63, 3.8) is 0 Å². The number of esters is 1. The third-order valence-electron chi connectivity index (χ3n) is 0.675. The lowest BCUT2D eigenvalue weighted by Crippen LogP contribution is -2.06. The molecule has 0 radical (unpaired) electrons. The predicted molar refractivity (Wildman–Crippen MR) is 36.5 cm³/mol. The van der Waals surface area contributed by atoms with E-state index in [1.165, 1.54) is 0 Å². The molecule has 0 aliphatic heterocycles. The van der Waals surface area contributed by atoms with E-state index in [1.54, 1.807) is 0 Å². The van der Waals surface area contributed by atoms with Crippen molar-refractivity contribution in [3.8, 4) is 0 Å². The molecule has 0 fully saturated rings. The normalized spacial score (nSPS) is 9.78. The van der Waals surface area contributed by atoms with Crippen LogP contribution in [0.25, 0.3) is 0 Å². The quantitative estimate of drug-likeness (QED) is 0.480. The van der Waals surface area contributed by atoms with E-state index in [2.05, 4.69) is 4.74 Å². The summed E-state index contributed by atoms with van der Waals surface area (Å²) < 4.78 is 4.38. The van der Waals surface area contributed by atoms with Gasteiger partial charge in [-0.15, -0.1) is 0 Å². The van der Waals surface area contributed by atoms with Crippen LogP contribution in [0.15, 0.2) is 0 Å². The molecule has 0 aromatic heterocycles. The van der Waals surface area contributed by atoms with Crippen LogP contribution in [0, 0.1) is 0 Å². The van der Waals surface area contributed by atoms with E-state index in [4.69, 9.17) is 23.2 Å². The number of carbonyl (C=O) groups excluding carboxylic acids is 1. The van der Waals surface area contributed by atoms with Gasteiger partial charge in [0.25, 0.3) is 5.02 Å². The van der Waals surface area contributed by atoms with Crippen LogP contribution >= 0.6 is 23.2 Å². The van der Waals surface area contributed by atoms with Crippen molar-refractivity contribution >= 4 is 29.2 Å². The summed E-state index contributed by atoms with van der Waals surface area (Å²) in [7, 11) is 0. The summed E-state index contributed by atoms with van der Waals surface area (Å²) in [6.45, 7) is 1.87. The first-order valence-electron chi connectivity index (χ1n) is 2.64. The summed E-state index contributed by atoms with van der Waals surface area (Å²) in [4.78, 5) is 10.5. The molecule has 0 unspecified atom stereocenters. The Bertz CT molecular complexity index is 93.0. The zero-order valence-electron chi connectivity index (χ0n) is 5.06. The van der Waals surface area contributed by atoms with Crippen LogP contribution in [0.5, 0.6) is 0 Å². The highest BCUT2D eigenvalue weighted by Gasteiger charge is 2.04. The molecule has 2 nitrogen and oxygen atoms in total. The maximum absolute atomic E-state index is 10.5. The third-order valence-corrected chi connectivity index (χ3v) is 0.853. The van der Waals surface area contributed by atoms with E-state index < -0.39 is 5.02 Å². The minimum Gasteiger partial charge on any atom is -0.431 e. The van der Waals surface area contributed by atoms with Crippen molar-refractivity contribution in [3.05, 3.63) is 0 Å². The van der Waals surface area contributed by atoms with Gasteiger partial charge in [-0.3, -0.25) is 4.79 Å². The van der Waals surface area contributed by atoms with Crippen molar-refractivity contribution in [2.45, 2.75) is 24.8 Å². The van der Waals surface area contributed by atoms with Gasteiger partial charge in [-0.05, 0) is 6.42 Å². The highest BCUT2D eigenvalue weighted by atomic mass is 35.5. The maximum Gasteiger partial charge on any atom is 0.308 e. The van der Waals surface area contributed by atoms with Gasteiger partial charge in [-0.2, -0.15) is 0 Å². The van der Waals surface area contributed by atoms with Crippen LogP contribution in [-0.2, 0) is 9.53 Å². The summed E-state index contributed by atoms with van der Waals surface area (Å²) in [5.74, 6) is -0.354. The van der Waals surface area contributed by atoms with Gasteiger partial charge in [0.2, 0.25) is 0 Å². The number of ether oxygens (including phenoxy) is 1. The minimum atomic E-state index is -1.02. The largest absolute Gasteiger partial charge is 0.431 e. The number of carbonyl (C=O) groups is 1. The van der Waals surface area contributed by atoms with Gasteiger partial charge >= 0.3 is 5.97 Å². The van der Waals surface area contributed by atoms with Crippen LogP contribution in [0.4, 0.5) is 0 Å². The molecule has 0 bridgehead atoms. The number of hydrogen-bond acceptors (Lipinski definition) is 2. The Kier molecular flexibility index (Phi) is 4.91. The lowest BCUT2D eigenvalue weighted by atomic mass is 10.3. The predicted octanol–water partition coefficient (Wildman–Crippen LogP) is 2.09. The Labute approximate surface area is 64.1 Å².